The van der Waals surface area contributed by atoms with Crippen molar-refractivity contribution in [2.24, 2.45) is 16.2 Å². The number of carbonyl (C=O) groups excluding carboxylic acids is 1. The van der Waals surface area contributed by atoms with Crippen LogP contribution in [0.4, 0.5) is 0 Å². The minimum absolute atomic E-state index is 0.0892. The molecule has 1 saturated heterocycles. The first-order chi connectivity index (χ1) is 7.19. The van der Waals surface area contributed by atoms with Crippen molar-refractivity contribution in [2.45, 2.75) is 33.6 Å². The van der Waals surface area contributed by atoms with Crippen molar-refractivity contribution >= 4 is 11.9 Å². The number of fused-ring (bicyclic) bond motifs is 2. The van der Waals surface area contributed by atoms with Crippen LogP contribution in [0.25, 0.3) is 0 Å². The third-order valence-corrected chi connectivity index (χ3v) is 5.29. The van der Waals surface area contributed by atoms with Crippen LogP contribution >= 0.6 is 0 Å². The SMILES string of the molecule is CN1C[C@]2(C)CC[C@](C(=O)O)(C1=O)C2(C)C. The first-order valence-corrected chi connectivity index (χ1v) is 5.68. The molecule has 1 aliphatic carbocycles. The molecule has 4 heteroatoms. The summed E-state index contributed by atoms with van der Waals surface area (Å²) in [6.45, 7) is 6.62. The molecule has 0 aromatic carbocycles. The van der Waals surface area contributed by atoms with Crippen molar-refractivity contribution in [3.8, 4) is 0 Å². The first-order valence-electron chi connectivity index (χ1n) is 5.68. The zero-order valence-corrected chi connectivity index (χ0v) is 10.3. The van der Waals surface area contributed by atoms with E-state index in [1.165, 1.54) is 0 Å². The molecule has 1 amide bonds. The number of amides is 1. The molecule has 2 bridgehead atoms. The molecule has 2 aliphatic rings. The van der Waals surface area contributed by atoms with E-state index < -0.39 is 16.8 Å². The molecule has 4 nitrogen and oxygen atoms in total. The van der Waals surface area contributed by atoms with Crippen LogP contribution in [0.2, 0.25) is 0 Å². The Balaban J connectivity index is 2.64. The lowest BCUT2D eigenvalue weighted by molar-refractivity contribution is -0.179. The van der Waals surface area contributed by atoms with Gasteiger partial charge in [0.2, 0.25) is 5.91 Å². The summed E-state index contributed by atoms with van der Waals surface area (Å²) in [5, 5.41) is 9.51. The van der Waals surface area contributed by atoms with Gasteiger partial charge in [-0.15, -0.1) is 0 Å². The van der Waals surface area contributed by atoms with Gasteiger partial charge in [0.1, 0.15) is 0 Å². The molecule has 0 radical (unpaired) electrons. The third kappa shape index (κ3) is 0.913. The summed E-state index contributed by atoms with van der Waals surface area (Å²) in [5.74, 6) is -1.18. The highest BCUT2D eigenvalue weighted by Crippen LogP contribution is 2.66. The van der Waals surface area contributed by atoms with Gasteiger partial charge in [-0.25, -0.2) is 0 Å². The van der Waals surface area contributed by atoms with Gasteiger partial charge in [0.05, 0.1) is 0 Å². The quantitative estimate of drug-likeness (QED) is 0.685. The Kier molecular flexibility index (Phi) is 1.99. The molecule has 0 unspecified atom stereocenters. The zero-order valence-electron chi connectivity index (χ0n) is 10.3. The largest absolute Gasteiger partial charge is 0.480 e. The average molecular weight is 225 g/mol. The Labute approximate surface area is 95.6 Å². The van der Waals surface area contributed by atoms with Crippen molar-refractivity contribution < 1.29 is 14.7 Å². The molecule has 2 fully saturated rings. The van der Waals surface area contributed by atoms with Crippen LogP contribution in [0.15, 0.2) is 0 Å². The standard InChI is InChI=1S/C12H19NO3/c1-10(2)11(3)5-6-12(10,9(15)16)8(14)13(4)7-11/h5-7H2,1-4H3,(H,15,16)/t11-,12+/m0/s1. The highest BCUT2D eigenvalue weighted by molar-refractivity contribution is 6.04. The van der Waals surface area contributed by atoms with Gasteiger partial charge in [0.25, 0.3) is 0 Å². The summed E-state index contributed by atoms with van der Waals surface area (Å²) in [7, 11) is 1.71. The number of carboxylic acids is 1. The molecule has 1 saturated carbocycles. The molecular formula is C12H19NO3. The summed E-state index contributed by atoms with van der Waals surface area (Å²) in [5.41, 5.74) is -1.78. The van der Waals surface area contributed by atoms with Gasteiger partial charge in [-0.2, -0.15) is 0 Å². The second kappa shape index (κ2) is 2.79. The fourth-order valence-electron chi connectivity index (χ4n) is 3.64. The Morgan fingerprint density at radius 3 is 2.38 bits per heavy atom. The van der Waals surface area contributed by atoms with E-state index in [9.17, 15) is 14.7 Å². The molecule has 0 spiro atoms. The molecule has 2 rings (SSSR count). The number of hydrogen-bond donors (Lipinski definition) is 1. The Hall–Kier alpha value is -1.06. The number of hydrogen-bond acceptors (Lipinski definition) is 2. The molecule has 0 aromatic rings. The fourth-order valence-corrected chi connectivity index (χ4v) is 3.64. The monoisotopic (exact) mass is 225 g/mol. The van der Waals surface area contributed by atoms with Crippen LogP contribution in [-0.4, -0.2) is 35.5 Å². The van der Waals surface area contributed by atoms with Crippen LogP contribution < -0.4 is 0 Å². The van der Waals surface area contributed by atoms with E-state index in [2.05, 4.69) is 6.92 Å². The lowest BCUT2D eigenvalue weighted by Crippen LogP contribution is -2.63. The number of carbonyl (C=O) groups is 2. The summed E-state index contributed by atoms with van der Waals surface area (Å²) in [6, 6.07) is 0. The van der Waals surface area contributed by atoms with E-state index in [0.29, 0.717) is 13.0 Å². The number of aliphatic carboxylic acids is 1. The summed E-state index contributed by atoms with van der Waals surface area (Å²) >= 11 is 0. The smallest absolute Gasteiger partial charge is 0.319 e. The van der Waals surface area contributed by atoms with Gasteiger partial charge < -0.3 is 10.0 Å². The van der Waals surface area contributed by atoms with Gasteiger partial charge in [0.15, 0.2) is 5.41 Å². The zero-order chi connectivity index (χ0) is 12.4. The van der Waals surface area contributed by atoms with Crippen molar-refractivity contribution in [3.05, 3.63) is 0 Å². The van der Waals surface area contributed by atoms with E-state index in [1.54, 1.807) is 11.9 Å². The van der Waals surface area contributed by atoms with E-state index in [1.807, 2.05) is 13.8 Å². The van der Waals surface area contributed by atoms with Crippen molar-refractivity contribution in [3.63, 3.8) is 0 Å². The van der Waals surface area contributed by atoms with E-state index >= 15 is 0 Å². The number of likely N-dealkylation sites (tertiary alicyclic amines) is 1. The molecular weight excluding hydrogens is 206 g/mol. The Morgan fingerprint density at radius 1 is 1.31 bits per heavy atom. The van der Waals surface area contributed by atoms with Gasteiger partial charge in [0, 0.05) is 13.6 Å². The van der Waals surface area contributed by atoms with Crippen molar-refractivity contribution in [2.75, 3.05) is 13.6 Å². The number of piperidine rings is 1. The van der Waals surface area contributed by atoms with E-state index in [4.69, 9.17) is 0 Å². The predicted molar refractivity (Wildman–Crippen MR) is 58.8 cm³/mol. The average Bonchev–Trinajstić information content (AvgIpc) is 2.26. The van der Waals surface area contributed by atoms with Gasteiger partial charge in [-0.3, -0.25) is 9.59 Å². The van der Waals surface area contributed by atoms with Crippen LogP contribution in [0.5, 0.6) is 0 Å². The Morgan fingerprint density at radius 2 is 1.88 bits per heavy atom. The second-order valence-corrected chi connectivity index (χ2v) is 6.06. The third-order valence-electron chi connectivity index (χ3n) is 5.29. The summed E-state index contributed by atoms with van der Waals surface area (Å²) in [4.78, 5) is 25.4. The van der Waals surface area contributed by atoms with Crippen molar-refractivity contribution in [1.82, 2.24) is 4.90 Å². The van der Waals surface area contributed by atoms with Crippen LogP contribution in [0, 0.1) is 16.2 Å². The van der Waals surface area contributed by atoms with Crippen LogP contribution in [-0.2, 0) is 9.59 Å². The summed E-state index contributed by atoms with van der Waals surface area (Å²) in [6.07, 6.45) is 1.28. The molecule has 2 atom stereocenters. The molecule has 1 N–H and O–H groups in total. The van der Waals surface area contributed by atoms with Gasteiger partial charge in [-0.1, -0.05) is 20.8 Å². The molecule has 0 aromatic heterocycles. The molecule has 90 valence electrons. The van der Waals surface area contributed by atoms with Crippen molar-refractivity contribution in [1.29, 1.82) is 0 Å². The second-order valence-electron chi connectivity index (χ2n) is 6.06. The number of nitrogens with zero attached hydrogens (tertiary/aromatic N) is 1. The highest BCUT2D eigenvalue weighted by Gasteiger charge is 2.71. The fraction of sp³-hybridized carbons (Fsp3) is 0.833. The maximum Gasteiger partial charge on any atom is 0.319 e. The minimum Gasteiger partial charge on any atom is -0.480 e. The van der Waals surface area contributed by atoms with E-state index in [-0.39, 0.29) is 11.3 Å². The lowest BCUT2D eigenvalue weighted by Gasteiger charge is -2.52. The maximum atomic E-state index is 12.2. The van der Waals surface area contributed by atoms with E-state index in [0.717, 1.165) is 6.42 Å². The highest BCUT2D eigenvalue weighted by atomic mass is 16.4. The van der Waals surface area contributed by atoms with Crippen LogP contribution in [0.1, 0.15) is 33.6 Å². The molecule has 16 heavy (non-hydrogen) atoms. The Bertz CT molecular complexity index is 376. The normalized spacial score (nSPS) is 41.2. The molecule has 1 heterocycles. The topological polar surface area (TPSA) is 57.6 Å². The first kappa shape index (κ1) is 11.4. The number of carboxylic acid groups (broad SMARTS) is 1. The summed E-state index contributed by atoms with van der Waals surface area (Å²) < 4.78 is 0. The molecule has 1 aliphatic heterocycles. The maximum absolute atomic E-state index is 12.2. The number of rotatable bonds is 1. The minimum atomic E-state index is -1.21. The van der Waals surface area contributed by atoms with Gasteiger partial charge >= 0.3 is 5.97 Å². The van der Waals surface area contributed by atoms with Gasteiger partial charge in [-0.05, 0) is 23.7 Å². The lowest BCUT2D eigenvalue weighted by atomic mass is 9.56. The van der Waals surface area contributed by atoms with Crippen LogP contribution in [0.3, 0.4) is 0 Å². The predicted octanol–water partition coefficient (Wildman–Crippen LogP) is 1.36.